The Labute approximate surface area is 162 Å². The summed E-state index contributed by atoms with van der Waals surface area (Å²) < 4.78 is 16.3. The molecule has 0 unspecified atom stereocenters. The molecule has 2 aromatic rings. The highest BCUT2D eigenvalue weighted by Crippen LogP contribution is 2.44. The molecular weight excluding hydrogens is 361 g/mol. The normalized spacial score (nSPS) is 22.6. The minimum Gasteiger partial charge on any atom is -0.477 e. The van der Waals surface area contributed by atoms with E-state index < -0.39 is 17.3 Å². The van der Waals surface area contributed by atoms with Crippen LogP contribution in [-0.4, -0.2) is 34.6 Å². The van der Waals surface area contributed by atoms with E-state index in [-0.39, 0.29) is 17.5 Å². The number of halogens is 1. The Bertz CT molecular complexity index is 1010. The van der Waals surface area contributed by atoms with Crippen molar-refractivity contribution in [3.8, 4) is 0 Å². The highest BCUT2D eigenvalue weighted by atomic mass is 19.1. The van der Waals surface area contributed by atoms with E-state index in [0.717, 1.165) is 44.0 Å². The average Bonchev–Trinajstić information content (AvgIpc) is 3.47. The number of hydrogen-bond acceptors (Lipinski definition) is 4. The second kappa shape index (κ2) is 6.88. The van der Waals surface area contributed by atoms with Crippen LogP contribution < -0.4 is 16.2 Å². The standard InChI is InChI=1S/C21H26FN3O3/c1-3-12-6-7-24(10-17(12)23)19-11(2)18-14(13-4-5-13)8-15(21(27)28)20(26)25(18)9-16(19)22/h8-9,12-13,17H,3-7,10,23H2,1-2H3,(H,27,28)/t12-,17-/m1/s1. The summed E-state index contributed by atoms with van der Waals surface area (Å²) in [5, 5.41) is 9.40. The van der Waals surface area contributed by atoms with Gasteiger partial charge in [-0.3, -0.25) is 9.20 Å². The molecule has 1 saturated carbocycles. The molecule has 2 atom stereocenters. The quantitative estimate of drug-likeness (QED) is 0.842. The zero-order valence-electron chi connectivity index (χ0n) is 16.2. The second-order valence-electron chi connectivity index (χ2n) is 8.13. The number of aryl methyl sites for hydroxylation is 1. The van der Waals surface area contributed by atoms with Crippen molar-refractivity contribution in [3.05, 3.63) is 45.1 Å². The molecule has 0 bridgehead atoms. The first-order valence-corrected chi connectivity index (χ1v) is 9.95. The number of fused-ring (bicyclic) bond motifs is 1. The van der Waals surface area contributed by atoms with E-state index in [9.17, 15) is 14.7 Å². The lowest BCUT2D eigenvalue weighted by Gasteiger charge is -2.38. The molecular formula is C21H26FN3O3. The fourth-order valence-electron chi connectivity index (χ4n) is 4.63. The van der Waals surface area contributed by atoms with Gasteiger partial charge in [-0.1, -0.05) is 13.3 Å². The van der Waals surface area contributed by atoms with Crippen molar-refractivity contribution in [1.29, 1.82) is 0 Å². The number of nitrogens with zero attached hydrogens (tertiary/aromatic N) is 2. The third-order valence-corrected chi connectivity index (χ3v) is 6.34. The summed E-state index contributed by atoms with van der Waals surface area (Å²) in [6.07, 6.45) is 4.96. The second-order valence-corrected chi connectivity index (χ2v) is 8.13. The third kappa shape index (κ3) is 2.98. The zero-order chi connectivity index (χ0) is 20.2. The number of pyridine rings is 2. The molecule has 3 heterocycles. The van der Waals surface area contributed by atoms with Crippen LogP contribution in [0.5, 0.6) is 0 Å². The molecule has 0 aromatic carbocycles. The number of carboxylic acid groups (broad SMARTS) is 1. The van der Waals surface area contributed by atoms with Gasteiger partial charge in [0.2, 0.25) is 0 Å². The monoisotopic (exact) mass is 387 g/mol. The van der Waals surface area contributed by atoms with Crippen molar-refractivity contribution >= 4 is 17.2 Å². The SMILES string of the molecule is CC[C@@H]1CCN(c2c(F)cn3c(=O)c(C(=O)O)cc(C4CC4)c3c2C)C[C@H]1N. The number of rotatable bonds is 4. The number of hydrogen-bond donors (Lipinski definition) is 2. The first-order chi connectivity index (χ1) is 13.3. The van der Waals surface area contributed by atoms with Crippen molar-refractivity contribution in [2.45, 2.75) is 51.5 Å². The number of nitrogens with two attached hydrogens (primary N) is 1. The molecule has 6 nitrogen and oxygen atoms in total. The number of anilines is 1. The molecule has 2 aliphatic rings. The van der Waals surface area contributed by atoms with Crippen LogP contribution in [0.2, 0.25) is 0 Å². The summed E-state index contributed by atoms with van der Waals surface area (Å²) >= 11 is 0. The van der Waals surface area contributed by atoms with E-state index in [4.69, 9.17) is 5.73 Å². The Morgan fingerprint density at radius 3 is 2.64 bits per heavy atom. The van der Waals surface area contributed by atoms with Gasteiger partial charge in [0, 0.05) is 19.1 Å². The predicted octanol–water partition coefficient (Wildman–Crippen LogP) is 2.89. The van der Waals surface area contributed by atoms with E-state index >= 15 is 4.39 Å². The van der Waals surface area contributed by atoms with Gasteiger partial charge in [0.1, 0.15) is 5.56 Å². The van der Waals surface area contributed by atoms with Gasteiger partial charge in [0.15, 0.2) is 5.82 Å². The van der Waals surface area contributed by atoms with Gasteiger partial charge in [-0.15, -0.1) is 0 Å². The van der Waals surface area contributed by atoms with Gasteiger partial charge >= 0.3 is 5.97 Å². The number of aromatic nitrogens is 1. The molecule has 1 aliphatic carbocycles. The lowest BCUT2D eigenvalue weighted by molar-refractivity contribution is 0.0694. The van der Waals surface area contributed by atoms with Crippen LogP contribution in [-0.2, 0) is 0 Å². The molecule has 1 saturated heterocycles. The predicted molar refractivity (Wildman–Crippen MR) is 106 cm³/mol. The molecule has 7 heteroatoms. The fourth-order valence-corrected chi connectivity index (χ4v) is 4.63. The van der Waals surface area contributed by atoms with Crippen LogP contribution >= 0.6 is 0 Å². The van der Waals surface area contributed by atoms with Crippen molar-refractivity contribution in [3.63, 3.8) is 0 Å². The Kier molecular flexibility index (Phi) is 4.65. The maximum absolute atomic E-state index is 15.1. The lowest BCUT2D eigenvalue weighted by Crippen LogP contribution is -2.49. The summed E-state index contributed by atoms with van der Waals surface area (Å²) in [6.45, 7) is 5.23. The van der Waals surface area contributed by atoms with Gasteiger partial charge in [0.05, 0.1) is 17.4 Å². The molecule has 4 rings (SSSR count). The summed E-state index contributed by atoms with van der Waals surface area (Å²) in [6, 6.07) is 1.47. The largest absolute Gasteiger partial charge is 0.477 e. The Morgan fingerprint density at radius 1 is 1.36 bits per heavy atom. The van der Waals surface area contributed by atoms with E-state index in [1.165, 1.54) is 10.5 Å². The molecule has 0 radical (unpaired) electrons. The number of carbonyl (C=O) groups is 1. The van der Waals surface area contributed by atoms with E-state index in [1.807, 2.05) is 11.8 Å². The Hall–Kier alpha value is -2.41. The van der Waals surface area contributed by atoms with Crippen LogP contribution in [0.4, 0.5) is 10.1 Å². The van der Waals surface area contributed by atoms with Crippen LogP contribution in [0.1, 0.15) is 60.0 Å². The first-order valence-electron chi connectivity index (χ1n) is 9.95. The molecule has 0 spiro atoms. The summed E-state index contributed by atoms with van der Waals surface area (Å²) in [7, 11) is 0. The number of carboxylic acids is 1. The minimum atomic E-state index is -1.28. The maximum atomic E-state index is 15.1. The maximum Gasteiger partial charge on any atom is 0.341 e. The fraction of sp³-hybridized carbons (Fsp3) is 0.524. The molecule has 28 heavy (non-hydrogen) atoms. The van der Waals surface area contributed by atoms with Crippen molar-refractivity contribution in [2.75, 3.05) is 18.0 Å². The molecule has 0 amide bonds. The van der Waals surface area contributed by atoms with Crippen molar-refractivity contribution < 1.29 is 14.3 Å². The van der Waals surface area contributed by atoms with Crippen LogP contribution in [0.25, 0.3) is 5.52 Å². The topological polar surface area (TPSA) is 88.0 Å². The zero-order valence-corrected chi connectivity index (χ0v) is 16.2. The van der Waals surface area contributed by atoms with Gasteiger partial charge in [-0.05, 0) is 55.2 Å². The van der Waals surface area contributed by atoms with Crippen LogP contribution in [0, 0.1) is 18.7 Å². The van der Waals surface area contributed by atoms with E-state index in [0.29, 0.717) is 29.2 Å². The Morgan fingerprint density at radius 2 is 2.07 bits per heavy atom. The molecule has 3 N–H and O–H groups in total. The number of aromatic carboxylic acids is 1. The summed E-state index contributed by atoms with van der Waals surface area (Å²) in [5.74, 6) is -1.14. The summed E-state index contributed by atoms with van der Waals surface area (Å²) in [4.78, 5) is 26.2. The first kappa shape index (κ1) is 18.9. The molecule has 2 aromatic heterocycles. The third-order valence-electron chi connectivity index (χ3n) is 6.34. The van der Waals surface area contributed by atoms with Crippen LogP contribution in [0.3, 0.4) is 0 Å². The number of piperidine rings is 1. The van der Waals surface area contributed by atoms with Gasteiger partial charge in [-0.2, -0.15) is 0 Å². The van der Waals surface area contributed by atoms with Crippen LogP contribution in [0.15, 0.2) is 17.1 Å². The minimum absolute atomic E-state index is 0.0201. The van der Waals surface area contributed by atoms with Gasteiger partial charge < -0.3 is 15.7 Å². The van der Waals surface area contributed by atoms with Gasteiger partial charge in [-0.25, -0.2) is 9.18 Å². The van der Waals surface area contributed by atoms with Crippen molar-refractivity contribution in [2.24, 2.45) is 11.7 Å². The molecule has 150 valence electrons. The van der Waals surface area contributed by atoms with E-state index in [1.54, 1.807) is 0 Å². The highest BCUT2D eigenvalue weighted by Gasteiger charge is 2.32. The van der Waals surface area contributed by atoms with Crippen molar-refractivity contribution in [1.82, 2.24) is 4.40 Å². The Balaban J connectivity index is 1.91. The smallest absolute Gasteiger partial charge is 0.341 e. The summed E-state index contributed by atoms with van der Waals surface area (Å²) in [5.41, 5.74) is 7.93. The average molecular weight is 387 g/mol. The molecule has 2 fully saturated rings. The highest BCUT2D eigenvalue weighted by molar-refractivity contribution is 5.89. The van der Waals surface area contributed by atoms with Gasteiger partial charge in [0.25, 0.3) is 5.56 Å². The molecule has 1 aliphatic heterocycles. The lowest BCUT2D eigenvalue weighted by atomic mass is 9.89. The van der Waals surface area contributed by atoms with E-state index in [2.05, 4.69) is 6.92 Å².